The zero-order valence-corrected chi connectivity index (χ0v) is 17.0. The molecule has 26 heavy (non-hydrogen) atoms. The largest absolute Gasteiger partial charge is 0.444 e. The first-order valence-corrected chi connectivity index (χ1v) is 9.13. The Balaban J connectivity index is 2.40. The molecule has 0 saturated heterocycles. The normalized spacial score (nSPS) is 11.0. The van der Waals surface area contributed by atoms with Gasteiger partial charge in [-0.25, -0.2) is 4.79 Å². The Kier molecular flexibility index (Phi) is 8.42. The smallest absolute Gasteiger partial charge is 0.407 e. The Morgan fingerprint density at radius 3 is 2.23 bits per heavy atom. The van der Waals surface area contributed by atoms with E-state index in [2.05, 4.69) is 29.6 Å². The lowest BCUT2D eigenvalue weighted by Gasteiger charge is -2.22. The summed E-state index contributed by atoms with van der Waals surface area (Å²) in [5.74, 6) is 0.0928. The van der Waals surface area contributed by atoms with Crippen LogP contribution in [0.1, 0.15) is 46.1 Å². The molecule has 6 heteroatoms. The van der Waals surface area contributed by atoms with Gasteiger partial charge in [0.1, 0.15) is 5.60 Å². The molecule has 1 rings (SSSR count). The van der Waals surface area contributed by atoms with E-state index in [1.54, 1.807) is 0 Å². The fourth-order valence-corrected chi connectivity index (χ4v) is 2.40. The maximum absolute atomic E-state index is 12.4. The minimum Gasteiger partial charge on any atom is -0.444 e. The number of hydrogen-bond acceptors (Lipinski definition) is 4. The van der Waals surface area contributed by atoms with Crippen LogP contribution in [-0.2, 0) is 16.1 Å². The van der Waals surface area contributed by atoms with Crippen molar-refractivity contribution in [2.24, 2.45) is 0 Å². The van der Waals surface area contributed by atoms with Crippen molar-refractivity contribution >= 4 is 17.7 Å². The second kappa shape index (κ2) is 10.0. The van der Waals surface area contributed by atoms with E-state index >= 15 is 0 Å². The van der Waals surface area contributed by atoms with Gasteiger partial charge in [0, 0.05) is 45.8 Å². The Morgan fingerprint density at radius 2 is 1.73 bits per heavy atom. The van der Waals surface area contributed by atoms with Gasteiger partial charge in [0.2, 0.25) is 5.91 Å². The molecule has 0 aromatic heterocycles. The summed E-state index contributed by atoms with van der Waals surface area (Å²) in [5, 5.41) is 2.68. The van der Waals surface area contributed by atoms with Crippen molar-refractivity contribution in [3.63, 3.8) is 0 Å². The van der Waals surface area contributed by atoms with Crippen molar-refractivity contribution in [3.8, 4) is 0 Å². The van der Waals surface area contributed by atoms with Crippen molar-refractivity contribution in [1.29, 1.82) is 0 Å². The average molecular weight is 364 g/mol. The van der Waals surface area contributed by atoms with Crippen LogP contribution in [0, 0.1) is 0 Å². The number of nitrogens with one attached hydrogen (secondary N) is 1. The third kappa shape index (κ3) is 8.23. The quantitative estimate of drug-likeness (QED) is 0.719. The van der Waals surface area contributed by atoms with Crippen LogP contribution in [0.4, 0.5) is 10.5 Å². The molecule has 1 aromatic rings. The fourth-order valence-electron chi connectivity index (χ4n) is 2.40. The number of carbonyl (C=O) groups excluding carboxylic acids is 2. The van der Waals surface area contributed by atoms with Crippen LogP contribution >= 0.6 is 0 Å². The van der Waals surface area contributed by atoms with Crippen LogP contribution in [-0.4, -0.2) is 49.7 Å². The SMILES string of the molecule is CCN(Cc1ccc(N(C)C)cc1)C(=O)CCCNC(=O)OC(C)(C)C. The topological polar surface area (TPSA) is 61.9 Å². The number of anilines is 1. The Hall–Kier alpha value is -2.24. The summed E-state index contributed by atoms with van der Waals surface area (Å²) in [5.41, 5.74) is 1.73. The molecule has 0 heterocycles. The summed E-state index contributed by atoms with van der Waals surface area (Å²) in [6.07, 6.45) is 0.548. The zero-order chi connectivity index (χ0) is 19.7. The number of alkyl carbamates (subject to hydrolysis) is 1. The molecular weight excluding hydrogens is 330 g/mol. The molecule has 0 atom stereocenters. The maximum atomic E-state index is 12.4. The standard InChI is InChI=1S/C20H33N3O3/c1-7-23(15-16-10-12-17(13-11-16)22(5)6)18(24)9-8-14-21-19(25)26-20(2,3)4/h10-13H,7-9,14-15H2,1-6H3,(H,21,25). The van der Waals surface area contributed by atoms with E-state index < -0.39 is 11.7 Å². The van der Waals surface area contributed by atoms with Gasteiger partial charge in [-0.3, -0.25) is 4.79 Å². The van der Waals surface area contributed by atoms with Gasteiger partial charge in [0.25, 0.3) is 0 Å². The molecular formula is C20H33N3O3. The molecule has 0 aliphatic heterocycles. The molecule has 1 N–H and O–H groups in total. The molecule has 6 nitrogen and oxygen atoms in total. The van der Waals surface area contributed by atoms with E-state index in [1.165, 1.54) is 0 Å². The number of amides is 2. The van der Waals surface area contributed by atoms with Crippen LogP contribution in [0.2, 0.25) is 0 Å². The van der Waals surface area contributed by atoms with E-state index in [0.717, 1.165) is 11.3 Å². The minimum absolute atomic E-state index is 0.0928. The predicted molar refractivity (Wildman–Crippen MR) is 105 cm³/mol. The molecule has 0 spiro atoms. The third-order valence-electron chi connectivity index (χ3n) is 3.80. The summed E-state index contributed by atoms with van der Waals surface area (Å²) in [6, 6.07) is 8.21. The van der Waals surface area contributed by atoms with Gasteiger partial charge in [0.15, 0.2) is 0 Å². The molecule has 0 aliphatic carbocycles. The average Bonchev–Trinajstić information content (AvgIpc) is 2.55. The van der Waals surface area contributed by atoms with Crippen molar-refractivity contribution in [2.75, 3.05) is 32.1 Å². The first-order valence-electron chi connectivity index (χ1n) is 9.13. The molecule has 146 valence electrons. The lowest BCUT2D eigenvalue weighted by molar-refractivity contribution is -0.131. The first kappa shape index (κ1) is 21.8. The van der Waals surface area contributed by atoms with Gasteiger partial charge in [-0.05, 0) is 51.8 Å². The summed E-state index contributed by atoms with van der Waals surface area (Å²) in [4.78, 5) is 27.9. The number of carbonyl (C=O) groups is 2. The van der Waals surface area contributed by atoms with Crippen LogP contribution in [0.15, 0.2) is 24.3 Å². The summed E-state index contributed by atoms with van der Waals surface area (Å²) in [6.45, 7) is 9.12. The second-order valence-electron chi connectivity index (χ2n) is 7.50. The van der Waals surface area contributed by atoms with Crippen LogP contribution in [0.25, 0.3) is 0 Å². The van der Waals surface area contributed by atoms with E-state index in [0.29, 0.717) is 32.5 Å². The molecule has 0 radical (unpaired) electrons. The van der Waals surface area contributed by atoms with Crippen LogP contribution in [0.3, 0.4) is 0 Å². The summed E-state index contributed by atoms with van der Waals surface area (Å²) >= 11 is 0. The Bertz CT molecular complexity index is 577. The lowest BCUT2D eigenvalue weighted by atomic mass is 10.1. The number of rotatable bonds is 8. The molecule has 0 bridgehead atoms. The lowest BCUT2D eigenvalue weighted by Crippen LogP contribution is -2.34. The van der Waals surface area contributed by atoms with Gasteiger partial charge in [0.05, 0.1) is 0 Å². The second-order valence-corrected chi connectivity index (χ2v) is 7.50. The zero-order valence-electron chi connectivity index (χ0n) is 17.0. The van der Waals surface area contributed by atoms with E-state index in [1.807, 2.05) is 51.6 Å². The van der Waals surface area contributed by atoms with Crippen molar-refractivity contribution in [3.05, 3.63) is 29.8 Å². The molecule has 0 saturated carbocycles. The summed E-state index contributed by atoms with van der Waals surface area (Å²) < 4.78 is 5.17. The van der Waals surface area contributed by atoms with Crippen molar-refractivity contribution in [1.82, 2.24) is 10.2 Å². The van der Waals surface area contributed by atoms with Crippen LogP contribution in [0.5, 0.6) is 0 Å². The molecule has 0 unspecified atom stereocenters. The van der Waals surface area contributed by atoms with Gasteiger partial charge in [-0.1, -0.05) is 12.1 Å². The van der Waals surface area contributed by atoms with Gasteiger partial charge >= 0.3 is 6.09 Å². The maximum Gasteiger partial charge on any atom is 0.407 e. The van der Waals surface area contributed by atoms with Gasteiger partial charge in [-0.2, -0.15) is 0 Å². The van der Waals surface area contributed by atoms with Crippen molar-refractivity contribution in [2.45, 2.75) is 52.7 Å². The highest BCUT2D eigenvalue weighted by atomic mass is 16.6. The highest BCUT2D eigenvalue weighted by Crippen LogP contribution is 2.14. The highest BCUT2D eigenvalue weighted by molar-refractivity contribution is 5.76. The van der Waals surface area contributed by atoms with Crippen molar-refractivity contribution < 1.29 is 14.3 Å². The van der Waals surface area contributed by atoms with Gasteiger partial charge in [-0.15, -0.1) is 0 Å². The van der Waals surface area contributed by atoms with E-state index in [4.69, 9.17) is 4.74 Å². The first-order chi connectivity index (χ1) is 12.1. The number of hydrogen-bond donors (Lipinski definition) is 1. The molecule has 1 aromatic carbocycles. The molecule has 2 amide bonds. The highest BCUT2D eigenvalue weighted by Gasteiger charge is 2.16. The Labute approximate surface area is 157 Å². The number of benzene rings is 1. The fraction of sp³-hybridized carbons (Fsp3) is 0.600. The predicted octanol–water partition coefficient (Wildman–Crippen LogP) is 3.41. The van der Waals surface area contributed by atoms with Gasteiger partial charge < -0.3 is 19.9 Å². The number of nitrogens with zero attached hydrogens (tertiary/aromatic N) is 2. The summed E-state index contributed by atoms with van der Waals surface area (Å²) in [7, 11) is 4.00. The Morgan fingerprint density at radius 1 is 1.12 bits per heavy atom. The minimum atomic E-state index is -0.513. The monoisotopic (exact) mass is 363 g/mol. The number of ether oxygens (including phenoxy) is 1. The molecule has 0 aliphatic rings. The van der Waals surface area contributed by atoms with E-state index in [-0.39, 0.29) is 5.91 Å². The molecule has 0 fully saturated rings. The van der Waals surface area contributed by atoms with Crippen LogP contribution < -0.4 is 10.2 Å². The van der Waals surface area contributed by atoms with E-state index in [9.17, 15) is 9.59 Å². The third-order valence-corrected chi connectivity index (χ3v) is 3.80.